The molecule has 3 rings (SSSR count). The summed E-state index contributed by atoms with van der Waals surface area (Å²) in [5.41, 5.74) is 8.74. The first kappa shape index (κ1) is 12.7. The molecule has 0 fully saturated rings. The molecule has 0 saturated carbocycles. The Labute approximate surface area is 117 Å². The van der Waals surface area contributed by atoms with E-state index in [-0.39, 0.29) is 12.0 Å². The Balaban J connectivity index is 2.18. The molecule has 0 amide bonds. The lowest BCUT2D eigenvalue weighted by Gasteiger charge is -2.15. The van der Waals surface area contributed by atoms with Gasteiger partial charge in [0.05, 0.1) is 23.0 Å². The quantitative estimate of drug-likeness (QED) is 0.790. The minimum atomic E-state index is 0.0353. The van der Waals surface area contributed by atoms with Gasteiger partial charge in [-0.05, 0) is 19.1 Å². The molecule has 2 N–H and O–H groups in total. The molecule has 1 aromatic carbocycles. The second-order valence-electron chi connectivity index (χ2n) is 5.04. The highest BCUT2D eigenvalue weighted by atomic mass is 15.3. The smallest absolute Gasteiger partial charge is 0.166 e. The number of hydrogen-bond acceptors (Lipinski definition) is 4. The number of hydrogen-bond donors (Lipinski definition) is 1. The van der Waals surface area contributed by atoms with Gasteiger partial charge < -0.3 is 5.73 Å². The summed E-state index contributed by atoms with van der Waals surface area (Å²) in [5, 5.41) is 5.40. The topological polar surface area (TPSA) is 69.6 Å². The number of nitrogens with two attached hydrogens (primary N) is 1. The number of fused-ring (bicyclic) bond motifs is 1. The van der Waals surface area contributed by atoms with Gasteiger partial charge in [0.15, 0.2) is 5.65 Å². The van der Waals surface area contributed by atoms with Gasteiger partial charge in [0.2, 0.25) is 0 Å². The van der Waals surface area contributed by atoms with Crippen molar-refractivity contribution in [3.8, 4) is 5.69 Å². The van der Waals surface area contributed by atoms with Gasteiger partial charge in [-0.1, -0.05) is 25.1 Å². The molecule has 0 spiro atoms. The van der Waals surface area contributed by atoms with Gasteiger partial charge in [0.1, 0.15) is 6.33 Å². The van der Waals surface area contributed by atoms with Gasteiger partial charge in [0, 0.05) is 12.0 Å². The van der Waals surface area contributed by atoms with Crippen molar-refractivity contribution in [2.45, 2.75) is 25.8 Å². The van der Waals surface area contributed by atoms with Gasteiger partial charge in [-0.3, -0.25) is 0 Å². The minimum Gasteiger partial charge on any atom is -0.327 e. The molecular formula is C15H17N5. The molecule has 2 aromatic heterocycles. The first-order chi connectivity index (χ1) is 9.68. The van der Waals surface area contributed by atoms with Crippen molar-refractivity contribution >= 4 is 11.0 Å². The van der Waals surface area contributed by atoms with Crippen molar-refractivity contribution in [2.24, 2.45) is 5.73 Å². The maximum absolute atomic E-state index is 5.99. The summed E-state index contributed by atoms with van der Waals surface area (Å²) in [6.07, 6.45) is 3.40. The average Bonchev–Trinajstić information content (AvgIpc) is 2.91. The molecule has 0 saturated heterocycles. The van der Waals surface area contributed by atoms with E-state index in [0.717, 1.165) is 22.4 Å². The average molecular weight is 267 g/mol. The van der Waals surface area contributed by atoms with Crippen molar-refractivity contribution < 1.29 is 0 Å². The van der Waals surface area contributed by atoms with Crippen LogP contribution in [0, 0.1) is 0 Å². The van der Waals surface area contributed by atoms with E-state index >= 15 is 0 Å². The molecule has 3 aromatic rings. The predicted octanol–water partition coefficient (Wildman–Crippen LogP) is 2.27. The Hall–Kier alpha value is -2.27. The molecule has 0 aliphatic rings. The molecule has 0 aliphatic carbocycles. The second kappa shape index (κ2) is 5.02. The molecule has 0 bridgehead atoms. The highest BCUT2D eigenvalue weighted by Crippen LogP contribution is 2.25. The van der Waals surface area contributed by atoms with Gasteiger partial charge >= 0.3 is 0 Å². The van der Waals surface area contributed by atoms with E-state index in [1.807, 2.05) is 48.1 Å². The van der Waals surface area contributed by atoms with Crippen LogP contribution in [0.3, 0.4) is 0 Å². The first-order valence-corrected chi connectivity index (χ1v) is 6.68. The van der Waals surface area contributed by atoms with Crippen molar-refractivity contribution in [1.29, 1.82) is 0 Å². The van der Waals surface area contributed by atoms with Crippen LogP contribution in [-0.4, -0.2) is 25.8 Å². The van der Waals surface area contributed by atoms with E-state index in [4.69, 9.17) is 5.73 Å². The van der Waals surface area contributed by atoms with Crippen LogP contribution >= 0.6 is 0 Å². The molecule has 5 heteroatoms. The van der Waals surface area contributed by atoms with E-state index in [1.165, 1.54) is 0 Å². The molecule has 0 radical (unpaired) electrons. The Morgan fingerprint density at radius 1 is 1.10 bits per heavy atom. The number of benzene rings is 1. The first-order valence-electron chi connectivity index (χ1n) is 6.68. The van der Waals surface area contributed by atoms with E-state index in [2.05, 4.69) is 22.0 Å². The van der Waals surface area contributed by atoms with Crippen LogP contribution in [0.4, 0.5) is 0 Å². The van der Waals surface area contributed by atoms with Crippen LogP contribution in [0.1, 0.15) is 25.5 Å². The highest BCUT2D eigenvalue weighted by molar-refractivity contribution is 5.79. The van der Waals surface area contributed by atoms with Crippen LogP contribution in [-0.2, 0) is 0 Å². The van der Waals surface area contributed by atoms with E-state index in [9.17, 15) is 0 Å². The third-order valence-corrected chi connectivity index (χ3v) is 3.62. The Morgan fingerprint density at radius 2 is 1.85 bits per heavy atom. The highest BCUT2D eigenvalue weighted by Gasteiger charge is 2.18. The molecule has 102 valence electrons. The SMILES string of the molecule is CC(N)C(C)c1ncnc2c1cnn2-c1ccccc1. The Morgan fingerprint density at radius 3 is 2.55 bits per heavy atom. The van der Waals surface area contributed by atoms with Crippen molar-refractivity contribution in [2.75, 3.05) is 0 Å². The molecule has 0 aliphatic heterocycles. The van der Waals surface area contributed by atoms with E-state index < -0.39 is 0 Å². The van der Waals surface area contributed by atoms with Gasteiger partial charge in [-0.25, -0.2) is 14.6 Å². The maximum atomic E-state index is 5.99. The predicted molar refractivity (Wildman–Crippen MR) is 78.7 cm³/mol. The number of nitrogens with zero attached hydrogens (tertiary/aromatic N) is 4. The fourth-order valence-corrected chi connectivity index (χ4v) is 2.23. The van der Waals surface area contributed by atoms with Crippen LogP contribution in [0.2, 0.25) is 0 Å². The lowest BCUT2D eigenvalue weighted by molar-refractivity contribution is 0.602. The largest absolute Gasteiger partial charge is 0.327 e. The zero-order valence-electron chi connectivity index (χ0n) is 11.6. The van der Waals surface area contributed by atoms with Crippen LogP contribution < -0.4 is 5.73 Å². The lowest BCUT2D eigenvalue weighted by atomic mass is 9.98. The zero-order valence-corrected chi connectivity index (χ0v) is 11.6. The number of para-hydroxylation sites is 1. The van der Waals surface area contributed by atoms with Crippen LogP contribution in [0.5, 0.6) is 0 Å². The van der Waals surface area contributed by atoms with Crippen molar-refractivity contribution in [1.82, 2.24) is 19.7 Å². The van der Waals surface area contributed by atoms with Gasteiger partial charge in [-0.2, -0.15) is 5.10 Å². The molecular weight excluding hydrogens is 250 g/mol. The standard InChI is InChI=1S/C15H17N5/c1-10(11(2)16)14-13-8-19-20(15(13)18-9-17-14)12-6-4-3-5-7-12/h3-11H,16H2,1-2H3. The van der Waals surface area contributed by atoms with E-state index in [1.54, 1.807) is 6.33 Å². The zero-order chi connectivity index (χ0) is 14.1. The summed E-state index contributed by atoms with van der Waals surface area (Å²) in [6, 6.07) is 9.99. The van der Waals surface area contributed by atoms with Crippen LogP contribution in [0.25, 0.3) is 16.7 Å². The van der Waals surface area contributed by atoms with Gasteiger partial charge in [-0.15, -0.1) is 0 Å². The second-order valence-corrected chi connectivity index (χ2v) is 5.04. The third-order valence-electron chi connectivity index (χ3n) is 3.62. The summed E-state index contributed by atoms with van der Waals surface area (Å²) >= 11 is 0. The normalized spacial score (nSPS) is 14.3. The third kappa shape index (κ3) is 2.06. The monoisotopic (exact) mass is 267 g/mol. The Kier molecular flexibility index (Phi) is 3.20. The molecule has 5 nitrogen and oxygen atoms in total. The fourth-order valence-electron chi connectivity index (χ4n) is 2.23. The molecule has 2 atom stereocenters. The molecule has 2 unspecified atom stereocenters. The van der Waals surface area contributed by atoms with Crippen molar-refractivity contribution in [3.63, 3.8) is 0 Å². The summed E-state index contributed by atoms with van der Waals surface area (Å²) in [4.78, 5) is 8.76. The summed E-state index contributed by atoms with van der Waals surface area (Å²) in [6.45, 7) is 4.06. The number of rotatable bonds is 3. The molecule has 20 heavy (non-hydrogen) atoms. The van der Waals surface area contributed by atoms with Gasteiger partial charge in [0.25, 0.3) is 0 Å². The minimum absolute atomic E-state index is 0.0353. The molecule has 2 heterocycles. The van der Waals surface area contributed by atoms with E-state index in [0.29, 0.717) is 0 Å². The lowest BCUT2D eigenvalue weighted by Crippen LogP contribution is -2.23. The van der Waals surface area contributed by atoms with Crippen LogP contribution in [0.15, 0.2) is 42.9 Å². The maximum Gasteiger partial charge on any atom is 0.166 e. The Bertz CT molecular complexity index is 717. The summed E-state index contributed by atoms with van der Waals surface area (Å²) in [7, 11) is 0. The van der Waals surface area contributed by atoms with Crippen molar-refractivity contribution in [3.05, 3.63) is 48.5 Å². The summed E-state index contributed by atoms with van der Waals surface area (Å²) < 4.78 is 1.83. The fraction of sp³-hybridized carbons (Fsp3) is 0.267. The summed E-state index contributed by atoms with van der Waals surface area (Å²) in [5.74, 6) is 0.161. The number of aromatic nitrogens is 4.